The molecule has 3 aliphatic heterocycles. The maximum absolute atomic E-state index is 13.1. The average Bonchev–Trinajstić information content (AvgIpc) is 3.40. The highest BCUT2D eigenvalue weighted by atomic mass is 19.4. The molecule has 2 amide bonds. The Balaban J connectivity index is 0.000000405. The Morgan fingerprint density at radius 2 is 1.81 bits per heavy atom. The van der Waals surface area contributed by atoms with E-state index in [0.717, 1.165) is 45.4 Å². The maximum atomic E-state index is 13.1. The van der Waals surface area contributed by atoms with Crippen molar-refractivity contribution in [3.8, 4) is 0 Å². The summed E-state index contributed by atoms with van der Waals surface area (Å²) in [5.74, 6) is -2.62. The normalized spacial score (nSPS) is 23.0. The van der Waals surface area contributed by atoms with E-state index in [1.807, 2.05) is 17.2 Å². The topological polar surface area (TPSA) is 129 Å². The molecule has 1 unspecified atom stereocenters. The van der Waals surface area contributed by atoms with E-state index in [1.54, 1.807) is 18.5 Å². The number of hydrogen-bond donors (Lipinski definition) is 2. The monoisotopic (exact) mass is 520 g/mol. The lowest BCUT2D eigenvalue weighted by Crippen LogP contribution is -2.53. The van der Waals surface area contributed by atoms with Crippen molar-refractivity contribution in [3.63, 3.8) is 0 Å². The summed E-state index contributed by atoms with van der Waals surface area (Å²) in [5, 5.41) is 10.2. The number of carbonyl (C=O) groups is 3. The van der Waals surface area contributed by atoms with Crippen LogP contribution in [0.3, 0.4) is 0 Å². The molecule has 3 aliphatic rings. The highest BCUT2D eigenvalue weighted by molar-refractivity contribution is 5.92. The Hall–Kier alpha value is -3.61. The fourth-order valence-electron chi connectivity index (χ4n) is 5.73. The van der Waals surface area contributed by atoms with E-state index in [0.29, 0.717) is 18.8 Å². The SMILES string of the molecule is O=C(O)C(F)(F)F.O=C(c1ccncn1)N1CCC2(CC1)CN(Cc1cccnc1)CC21CCNC1=O. The molecule has 13 heteroatoms. The molecule has 2 spiro atoms. The Morgan fingerprint density at radius 1 is 1.08 bits per heavy atom. The first kappa shape index (κ1) is 26.5. The summed E-state index contributed by atoms with van der Waals surface area (Å²) in [6.07, 6.45) is 4.14. The van der Waals surface area contributed by atoms with Crippen molar-refractivity contribution in [2.24, 2.45) is 10.8 Å². The number of nitrogens with zero attached hydrogens (tertiary/aromatic N) is 5. The van der Waals surface area contributed by atoms with Gasteiger partial charge >= 0.3 is 12.1 Å². The quantitative estimate of drug-likeness (QED) is 0.627. The van der Waals surface area contributed by atoms with Crippen LogP contribution < -0.4 is 5.32 Å². The van der Waals surface area contributed by atoms with Crippen molar-refractivity contribution in [2.45, 2.75) is 32.0 Å². The lowest BCUT2D eigenvalue weighted by atomic mass is 9.60. The molecule has 0 radical (unpaired) electrons. The fourth-order valence-corrected chi connectivity index (χ4v) is 5.73. The van der Waals surface area contributed by atoms with Crippen LogP contribution in [0.1, 0.15) is 35.3 Å². The molecule has 5 heterocycles. The summed E-state index contributed by atoms with van der Waals surface area (Å²) < 4.78 is 31.7. The molecule has 10 nitrogen and oxygen atoms in total. The zero-order chi connectivity index (χ0) is 26.7. The first-order valence-electron chi connectivity index (χ1n) is 11.8. The minimum absolute atomic E-state index is 0.0533. The van der Waals surface area contributed by atoms with Gasteiger partial charge in [0.1, 0.15) is 12.0 Å². The molecule has 0 aromatic carbocycles. The Morgan fingerprint density at radius 3 is 2.35 bits per heavy atom. The molecule has 0 aliphatic carbocycles. The van der Waals surface area contributed by atoms with Gasteiger partial charge in [0.2, 0.25) is 5.91 Å². The molecule has 198 valence electrons. The Bertz CT molecular complexity index is 1130. The van der Waals surface area contributed by atoms with Crippen LogP contribution in [0.2, 0.25) is 0 Å². The lowest BCUT2D eigenvalue weighted by molar-refractivity contribution is -0.192. The van der Waals surface area contributed by atoms with Crippen LogP contribution in [0.15, 0.2) is 43.1 Å². The first-order chi connectivity index (χ1) is 17.6. The number of carbonyl (C=O) groups excluding carboxylic acids is 2. The number of pyridine rings is 1. The number of piperidine rings is 1. The van der Waals surface area contributed by atoms with Crippen LogP contribution in [-0.4, -0.2) is 86.5 Å². The Labute approximate surface area is 210 Å². The molecule has 3 fully saturated rings. The van der Waals surface area contributed by atoms with E-state index < -0.39 is 12.1 Å². The van der Waals surface area contributed by atoms with Crippen molar-refractivity contribution in [2.75, 3.05) is 32.7 Å². The van der Waals surface area contributed by atoms with Gasteiger partial charge in [-0.05, 0) is 37.0 Å². The minimum atomic E-state index is -5.08. The zero-order valence-corrected chi connectivity index (χ0v) is 19.9. The first-order valence-corrected chi connectivity index (χ1v) is 11.8. The van der Waals surface area contributed by atoms with Gasteiger partial charge in [0, 0.05) is 63.3 Å². The van der Waals surface area contributed by atoms with Crippen molar-refractivity contribution in [1.29, 1.82) is 0 Å². The van der Waals surface area contributed by atoms with E-state index in [4.69, 9.17) is 9.90 Å². The molecular weight excluding hydrogens is 493 g/mol. The largest absolute Gasteiger partial charge is 0.490 e. The van der Waals surface area contributed by atoms with Gasteiger partial charge in [-0.2, -0.15) is 13.2 Å². The van der Waals surface area contributed by atoms with E-state index in [1.165, 1.54) is 11.9 Å². The summed E-state index contributed by atoms with van der Waals surface area (Å²) in [4.78, 5) is 51.3. The second kappa shape index (κ2) is 10.4. The lowest BCUT2D eigenvalue weighted by Gasteiger charge is -2.46. The van der Waals surface area contributed by atoms with Gasteiger partial charge in [0.25, 0.3) is 5.91 Å². The number of aliphatic carboxylic acids is 1. The number of hydrogen-bond acceptors (Lipinski definition) is 7. The second-order valence-electron chi connectivity index (χ2n) is 9.56. The summed E-state index contributed by atoms with van der Waals surface area (Å²) in [6, 6.07) is 5.70. The molecule has 37 heavy (non-hydrogen) atoms. The number of aromatic nitrogens is 3. The van der Waals surface area contributed by atoms with Gasteiger partial charge in [-0.3, -0.25) is 19.5 Å². The standard InChI is InChI=1S/C22H26N6O2.C2HF3O2/c29-19(18-3-8-24-16-26-18)28-10-5-21(6-11-28)14-27(13-17-2-1-7-23-12-17)15-22(21)4-9-25-20(22)30;3-2(4,5)1(6)7/h1-3,7-8,12,16H,4-6,9-11,13-15H2,(H,25,30);(H,6,7). The molecule has 1 atom stereocenters. The fraction of sp³-hybridized carbons (Fsp3) is 0.500. The molecule has 0 saturated carbocycles. The average molecular weight is 521 g/mol. The number of halogens is 3. The van der Waals surface area contributed by atoms with E-state index in [-0.39, 0.29) is 22.6 Å². The van der Waals surface area contributed by atoms with Gasteiger partial charge in [-0.25, -0.2) is 14.8 Å². The minimum Gasteiger partial charge on any atom is -0.475 e. The highest BCUT2D eigenvalue weighted by Gasteiger charge is 2.63. The molecule has 2 N–H and O–H groups in total. The van der Waals surface area contributed by atoms with Crippen molar-refractivity contribution >= 4 is 17.8 Å². The maximum Gasteiger partial charge on any atom is 0.490 e. The summed E-state index contributed by atoms with van der Waals surface area (Å²) >= 11 is 0. The van der Waals surface area contributed by atoms with Gasteiger partial charge in [-0.15, -0.1) is 0 Å². The number of carboxylic acid groups (broad SMARTS) is 1. The number of fused-ring (bicyclic) bond motifs is 1. The summed E-state index contributed by atoms with van der Waals surface area (Å²) in [7, 11) is 0. The molecule has 3 saturated heterocycles. The third kappa shape index (κ3) is 5.41. The van der Waals surface area contributed by atoms with Crippen LogP contribution in [0, 0.1) is 10.8 Å². The van der Waals surface area contributed by atoms with E-state index >= 15 is 0 Å². The van der Waals surface area contributed by atoms with Crippen LogP contribution in [0.25, 0.3) is 0 Å². The highest BCUT2D eigenvalue weighted by Crippen LogP contribution is 2.56. The van der Waals surface area contributed by atoms with Crippen LogP contribution in [0.5, 0.6) is 0 Å². The van der Waals surface area contributed by atoms with Gasteiger partial charge in [0.15, 0.2) is 0 Å². The predicted molar refractivity (Wildman–Crippen MR) is 123 cm³/mol. The molecule has 2 aromatic heterocycles. The third-order valence-electron chi connectivity index (χ3n) is 7.49. The van der Waals surface area contributed by atoms with Crippen LogP contribution >= 0.6 is 0 Å². The van der Waals surface area contributed by atoms with Crippen LogP contribution in [0.4, 0.5) is 13.2 Å². The van der Waals surface area contributed by atoms with Crippen molar-refractivity contribution in [3.05, 3.63) is 54.4 Å². The number of nitrogens with one attached hydrogen (secondary N) is 1. The molecule has 0 bridgehead atoms. The smallest absolute Gasteiger partial charge is 0.475 e. The summed E-state index contributed by atoms with van der Waals surface area (Å²) in [6.45, 7) is 4.49. The van der Waals surface area contributed by atoms with Crippen molar-refractivity contribution < 1.29 is 32.7 Å². The summed E-state index contributed by atoms with van der Waals surface area (Å²) in [5.41, 5.74) is 1.13. The zero-order valence-electron chi connectivity index (χ0n) is 19.9. The second-order valence-corrected chi connectivity index (χ2v) is 9.56. The molecular formula is C24H27F3N6O4. The van der Waals surface area contributed by atoms with Gasteiger partial charge in [0.05, 0.1) is 5.41 Å². The number of carboxylic acids is 1. The molecule has 5 rings (SSSR count). The number of rotatable bonds is 3. The van der Waals surface area contributed by atoms with Gasteiger partial charge < -0.3 is 15.3 Å². The van der Waals surface area contributed by atoms with Crippen LogP contribution in [-0.2, 0) is 16.1 Å². The van der Waals surface area contributed by atoms with Gasteiger partial charge in [-0.1, -0.05) is 6.07 Å². The number of amides is 2. The predicted octanol–water partition coefficient (Wildman–Crippen LogP) is 1.75. The van der Waals surface area contributed by atoms with Crippen molar-refractivity contribution in [1.82, 2.24) is 30.1 Å². The van der Waals surface area contributed by atoms with E-state index in [9.17, 15) is 22.8 Å². The third-order valence-corrected chi connectivity index (χ3v) is 7.49. The Kier molecular flexibility index (Phi) is 7.44. The number of likely N-dealkylation sites (tertiary alicyclic amines) is 2. The van der Waals surface area contributed by atoms with E-state index in [2.05, 4.69) is 31.2 Å². The number of alkyl halides is 3. The molecule has 2 aromatic rings.